The van der Waals surface area contributed by atoms with Gasteiger partial charge in [-0.05, 0) is 31.4 Å². The molecule has 1 aromatic carbocycles. The van der Waals surface area contributed by atoms with E-state index in [9.17, 15) is 4.79 Å². The van der Waals surface area contributed by atoms with E-state index in [0.717, 1.165) is 18.4 Å². The fraction of sp³-hybridized carbons (Fsp3) is 0.462. The van der Waals surface area contributed by atoms with Gasteiger partial charge >= 0.3 is 0 Å². The summed E-state index contributed by atoms with van der Waals surface area (Å²) < 4.78 is 0. The lowest BCUT2D eigenvalue weighted by Crippen LogP contribution is -2.45. The number of nitrogens with zero attached hydrogens (tertiary/aromatic N) is 1. The minimum atomic E-state index is -0.600. The van der Waals surface area contributed by atoms with Gasteiger partial charge in [0.25, 0.3) is 0 Å². The SMILES string of the molecule is CCN(Cc1ccccc1Cl)C(=O)C1(N)CC1. The summed E-state index contributed by atoms with van der Waals surface area (Å²) in [5.74, 6) is 0.0416. The molecule has 1 amide bonds. The number of nitrogens with two attached hydrogens (primary N) is 1. The fourth-order valence-electron chi connectivity index (χ4n) is 1.82. The van der Waals surface area contributed by atoms with Crippen LogP contribution in [-0.2, 0) is 11.3 Å². The number of benzene rings is 1. The van der Waals surface area contributed by atoms with Crippen molar-refractivity contribution in [2.75, 3.05) is 6.54 Å². The van der Waals surface area contributed by atoms with Crippen molar-refractivity contribution >= 4 is 17.5 Å². The number of halogens is 1. The van der Waals surface area contributed by atoms with Crippen molar-refractivity contribution in [3.8, 4) is 0 Å². The van der Waals surface area contributed by atoms with Crippen LogP contribution in [0.15, 0.2) is 24.3 Å². The number of hydrogen-bond acceptors (Lipinski definition) is 2. The van der Waals surface area contributed by atoms with Crippen LogP contribution in [0.3, 0.4) is 0 Å². The quantitative estimate of drug-likeness (QED) is 0.893. The molecule has 0 atom stereocenters. The van der Waals surface area contributed by atoms with E-state index in [0.29, 0.717) is 18.1 Å². The first-order chi connectivity index (χ1) is 8.07. The van der Waals surface area contributed by atoms with E-state index >= 15 is 0 Å². The third-order valence-electron chi connectivity index (χ3n) is 3.20. The van der Waals surface area contributed by atoms with Crippen LogP contribution >= 0.6 is 11.6 Å². The Hall–Kier alpha value is -1.06. The summed E-state index contributed by atoms with van der Waals surface area (Å²) >= 11 is 6.09. The summed E-state index contributed by atoms with van der Waals surface area (Å²) in [6.07, 6.45) is 1.59. The highest BCUT2D eigenvalue weighted by atomic mass is 35.5. The summed E-state index contributed by atoms with van der Waals surface area (Å²) in [5, 5.41) is 0.695. The Morgan fingerprint density at radius 2 is 2.12 bits per heavy atom. The molecule has 1 saturated carbocycles. The van der Waals surface area contributed by atoms with Crippen molar-refractivity contribution < 1.29 is 4.79 Å². The Morgan fingerprint density at radius 3 is 2.65 bits per heavy atom. The standard InChI is InChI=1S/C13H17ClN2O/c1-2-16(12(17)13(15)7-8-13)9-10-5-3-4-6-11(10)14/h3-6H,2,7-9,15H2,1H3. The van der Waals surface area contributed by atoms with Crippen molar-refractivity contribution in [1.29, 1.82) is 0 Å². The molecule has 17 heavy (non-hydrogen) atoms. The normalized spacial score (nSPS) is 16.6. The second-order valence-electron chi connectivity index (χ2n) is 4.57. The molecule has 0 unspecified atom stereocenters. The topological polar surface area (TPSA) is 46.3 Å². The zero-order chi connectivity index (χ0) is 12.5. The number of carbonyl (C=O) groups is 1. The molecule has 1 aliphatic rings. The van der Waals surface area contributed by atoms with Gasteiger partial charge in [-0.1, -0.05) is 29.8 Å². The first kappa shape index (κ1) is 12.4. The molecule has 0 aromatic heterocycles. The average Bonchev–Trinajstić information content (AvgIpc) is 3.07. The lowest BCUT2D eigenvalue weighted by atomic mass is 10.1. The van der Waals surface area contributed by atoms with Crippen LogP contribution in [0.1, 0.15) is 25.3 Å². The summed E-state index contributed by atoms with van der Waals surface area (Å²) in [6.45, 7) is 3.15. The Kier molecular flexibility index (Phi) is 3.40. The van der Waals surface area contributed by atoms with Crippen molar-refractivity contribution in [3.05, 3.63) is 34.9 Å². The van der Waals surface area contributed by atoms with Crippen molar-refractivity contribution in [2.24, 2.45) is 5.73 Å². The molecule has 3 nitrogen and oxygen atoms in total. The van der Waals surface area contributed by atoms with Crippen LogP contribution in [0.2, 0.25) is 5.02 Å². The monoisotopic (exact) mass is 252 g/mol. The van der Waals surface area contributed by atoms with E-state index in [-0.39, 0.29) is 5.91 Å². The molecular weight excluding hydrogens is 236 g/mol. The smallest absolute Gasteiger partial charge is 0.242 e. The summed E-state index contributed by atoms with van der Waals surface area (Å²) in [4.78, 5) is 13.9. The first-order valence-electron chi connectivity index (χ1n) is 5.88. The molecule has 0 bridgehead atoms. The largest absolute Gasteiger partial charge is 0.337 e. The second-order valence-corrected chi connectivity index (χ2v) is 4.97. The van der Waals surface area contributed by atoms with Gasteiger partial charge in [0.1, 0.15) is 0 Å². The van der Waals surface area contributed by atoms with Gasteiger partial charge in [-0.3, -0.25) is 4.79 Å². The number of likely N-dealkylation sites (N-methyl/N-ethyl adjacent to an activating group) is 1. The second kappa shape index (κ2) is 4.67. The molecule has 1 aromatic rings. The highest BCUT2D eigenvalue weighted by molar-refractivity contribution is 6.31. The van der Waals surface area contributed by atoms with E-state index in [4.69, 9.17) is 17.3 Å². The number of carbonyl (C=O) groups excluding carboxylic acids is 1. The Labute approximate surface area is 107 Å². The average molecular weight is 253 g/mol. The molecule has 0 saturated heterocycles. The minimum Gasteiger partial charge on any atom is -0.337 e. The lowest BCUT2D eigenvalue weighted by Gasteiger charge is -2.24. The maximum atomic E-state index is 12.1. The van der Waals surface area contributed by atoms with Crippen LogP contribution < -0.4 is 5.73 Å². The molecule has 92 valence electrons. The number of amides is 1. The molecule has 0 spiro atoms. The highest BCUT2D eigenvalue weighted by Crippen LogP contribution is 2.34. The van der Waals surface area contributed by atoms with Gasteiger partial charge in [0.05, 0.1) is 5.54 Å². The maximum absolute atomic E-state index is 12.1. The predicted octanol–water partition coefficient (Wildman–Crippen LogP) is 2.18. The van der Waals surface area contributed by atoms with Gasteiger partial charge in [-0.15, -0.1) is 0 Å². The van der Waals surface area contributed by atoms with Crippen LogP contribution in [0.25, 0.3) is 0 Å². The maximum Gasteiger partial charge on any atom is 0.242 e. The molecule has 0 aliphatic heterocycles. The highest BCUT2D eigenvalue weighted by Gasteiger charge is 2.47. The van der Waals surface area contributed by atoms with E-state index < -0.39 is 5.54 Å². The Morgan fingerprint density at radius 1 is 1.47 bits per heavy atom. The van der Waals surface area contributed by atoms with Gasteiger partial charge in [0.15, 0.2) is 0 Å². The van der Waals surface area contributed by atoms with Gasteiger partial charge in [-0.25, -0.2) is 0 Å². The minimum absolute atomic E-state index is 0.0416. The van der Waals surface area contributed by atoms with Crippen molar-refractivity contribution in [3.63, 3.8) is 0 Å². The molecular formula is C13H17ClN2O. The lowest BCUT2D eigenvalue weighted by molar-refractivity contribution is -0.134. The molecule has 2 N–H and O–H groups in total. The van der Waals surface area contributed by atoms with Gasteiger partial charge in [-0.2, -0.15) is 0 Å². The van der Waals surface area contributed by atoms with Gasteiger partial charge in [0, 0.05) is 18.1 Å². The predicted molar refractivity (Wildman–Crippen MR) is 68.7 cm³/mol. The van der Waals surface area contributed by atoms with E-state index in [1.54, 1.807) is 4.90 Å². The summed E-state index contributed by atoms with van der Waals surface area (Å²) in [5.41, 5.74) is 6.30. The zero-order valence-electron chi connectivity index (χ0n) is 9.95. The van der Waals surface area contributed by atoms with Crippen LogP contribution in [0, 0.1) is 0 Å². The third kappa shape index (κ3) is 2.61. The Bertz CT molecular complexity index is 429. The fourth-order valence-corrected chi connectivity index (χ4v) is 2.02. The van der Waals surface area contributed by atoms with E-state index in [1.165, 1.54) is 0 Å². The van der Waals surface area contributed by atoms with E-state index in [1.807, 2.05) is 31.2 Å². The molecule has 0 heterocycles. The van der Waals surface area contributed by atoms with Crippen molar-refractivity contribution in [1.82, 2.24) is 4.90 Å². The molecule has 4 heteroatoms. The summed E-state index contributed by atoms with van der Waals surface area (Å²) in [6, 6.07) is 7.59. The third-order valence-corrected chi connectivity index (χ3v) is 3.57. The molecule has 2 rings (SSSR count). The first-order valence-corrected chi connectivity index (χ1v) is 6.26. The summed E-state index contributed by atoms with van der Waals surface area (Å²) in [7, 11) is 0. The molecule has 0 radical (unpaired) electrons. The van der Waals surface area contributed by atoms with Crippen molar-refractivity contribution in [2.45, 2.75) is 31.8 Å². The molecule has 1 fully saturated rings. The van der Waals surface area contributed by atoms with Crippen LogP contribution in [-0.4, -0.2) is 22.9 Å². The van der Waals surface area contributed by atoms with Gasteiger partial charge < -0.3 is 10.6 Å². The zero-order valence-corrected chi connectivity index (χ0v) is 10.7. The number of rotatable bonds is 4. The van der Waals surface area contributed by atoms with Crippen LogP contribution in [0.5, 0.6) is 0 Å². The Balaban J connectivity index is 2.10. The number of hydrogen-bond donors (Lipinski definition) is 1. The van der Waals surface area contributed by atoms with Gasteiger partial charge in [0.2, 0.25) is 5.91 Å². The molecule has 1 aliphatic carbocycles. The van der Waals surface area contributed by atoms with E-state index in [2.05, 4.69) is 0 Å². The van der Waals surface area contributed by atoms with Crippen LogP contribution in [0.4, 0.5) is 0 Å².